The second kappa shape index (κ2) is 7.62. The number of amides is 1. The van der Waals surface area contributed by atoms with E-state index in [1.807, 2.05) is 38.1 Å². The number of ether oxygens (including phenoxy) is 1. The summed E-state index contributed by atoms with van der Waals surface area (Å²) in [5.41, 5.74) is 3.63. The number of rotatable bonds is 8. The van der Waals surface area contributed by atoms with Crippen LogP contribution < -0.4 is 5.32 Å². The molecule has 3 rings (SSSR count). The van der Waals surface area contributed by atoms with Crippen LogP contribution in [0.3, 0.4) is 0 Å². The Labute approximate surface area is 143 Å². The van der Waals surface area contributed by atoms with Crippen LogP contribution in [0.4, 0.5) is 0 Å². The van der Waals surface area contributed by atoms with Crippen molar-refractivity contribution in [1.29, 1.82) is 0 Å². The molecule has 128 valence electrons. The van der Waals surface area contributed by atoms with Crippen molar-refractivity contribution in [2.24, 2.45) is 5.92 Å². The van der Waals surface area contributed by atoms with Crippen LogP contribution in [-0.2, 0) is 4.74 Å². The van der Waals surface area contributed by atoms with Crippen molar-refractivity contribution in [1.82, 2.24) is 15.1 Å². The van der Waals surface area contributed by atoms with Gasteiger partial charge in [-0.25, -0.2) is 4.68 Å². The normalized spacial score (nSPS) is 13.9. The molecule has 0 radical (unpaired) electrons. The molecule has 2 aromatic rings. The third-order valence-electron chi connectivity index (χ3n) is 4.33. The molecule has 0 saturated heterocycles. The van der Waals surface area contributed by atoms with Gasteiger partial charge in [0.1, 0.15) is 0 Å². The van der Waals surface area contributed by atoms with Crippen LogP contribution in [-0.4, -0.2) is 35.4 Å². The highest BCUT2D eigenvalue weighted by Crippen LogP contribution is 2.28. The van der Waals surface area contributed by atoms with E-state index in [-0.39, 0.29) is 5.91 Å². The average molecular weight is 327 g/mol. The Morgan fingerprint density at radius 2 is 2.04 bits per heavy atom. The Kier molecular flexibility index (Phi) is 5.30. The number of nitrogens with one attached hydrogen (secondary N) is 1. The molecule has 5 heteroatoms. The van der Waals surface area contributed by atoms with Gasteiger partial charge >= 0.3 is 0 Å². The minimum atomic E-state index is -0.0759. The van der Waals surface area contributed by atoms with E-state index >= 15 is 0 Å². The lowest BCUT2D eigenvalue weighted by atomic mass is 10.2. The SMILES string of the molecule is Cc1ccc(-n2ncc(C(=O)NCCCOCC3CC3)c2C)cc1. The largest absolute Gasteiger partial charge is 0.381 e. The van der Waals surface area contributed by atoms with Crippen molar-refractivity contribution in [3.63, 3.8) is 0 Å². The fraction of sp³-hybridized carbons (Fsp3) is 0.474. The van der Waals surface area contributed by atoms with Crippen molar-refractivity contribution in [2.45, 2.75) is 33.1 Å². The molecule has 0 spiro atoms. The number of carbonyl (C=O) groups excluding carboxylic acids is 1. The van der Waals surface area contributed by atoms with Gasteiger partial charge in [0.2, 0.25) is 0 Å². The first-order valence-electron chi connectivity index (χ1n) is 8.63. The van der Waals surface area contributed by atoms with E-state index in [0.29, 0.717) is 18.7 Å². The summed E-state index contributed by atoms with van der Waals surface area (Å²) in [6, 6.07) is 8.10. The maximum Gasteiger partial charge on any atom is 0.254 e. The third kappa shape index (κ3) is 4.23. The highest BCUT2D eigenvalue weighted by Gasteiger charge is 2.20. The average Bonchev–Trinajstić information content (AvgIpc) is 3.32. The monoisotopic (exact) mass is 327 g/mol. The molecular weight excluding hydrogens is 302 g/mol. The zero-order chi connectivity index (χ0) is 16.9. The van der Waals surface area contributed by atoms with Crippen LogP contribution in [0.25, 0.3) is 5.69 Å². The summed E-state index contributed by atoms with van der Waals surface area (Å²) in [5, 5.41) is 7.30. The number of benzene rings is 1. The molecule has 1 aliphatic rings. The molecule has 1 N–H and O–H groups in total. The molecule has 1 aromatic heterocycles. The summed E-state index contributed by atoms with van der Waals surface area (Å²) in [6.45, 7) is 6.17. The van der Waals surface area contributed by atoms with Crippen LogP contribution in [0.15, 0.2) is 30.5 Å². The fourth-order valence-electron chi connectivity index (χ4n) is 2.58. The molecule has 0 unspecified atom stereocenters. The molecular formula is C19H25N3O2. The molecule has 5 nitrogen and oxygen atoms in total. The van der Waals surface area contributed by atoms with Gasteiger partial charge < -0.3 is 10.1 Å². The Bertz CT molecular complexity index is 687. The molecule has 0 atom stereocenters. The molecule has 24 heavy (non-hydrogen) atoms. The second-order valence-corrected chi connectivity index (χ2v) is 6.52. The standard InChI is InChI=1S/C19H25N3O2/c1-14-4-8-17(9-5-14)22-15(2)18(12-21-22)19(23)20-10-3-11-24-13-16-6-7-16/h4-5,8-9,12,16H,3,6-7,10-11,13H2,1-2H3,(H,20,23). The number of hydrogen-bond acceptors (Lipinski definition) is 3. The van der Waals surface area contributed by atoms with E-state index in [2.05, 4.69) is 10.4 Å². The van der Waals surface area contributed by atoms with Gasteiger partial charge in [-0.05, 0) is 51.2 Å². The summed E-state index contributed by atoms with van der Waals surface area (Å²) >= 11 is 0. The summed E-state index contributed by atoms with van der Waals surface area (Å²) in [4.78, 5) is 12.3. The maximum absolute atomic E-state index is 12.3. The highest BCUT2D eigenvalue weighted by molar-refractivity contribution is 5.95. The van der Waals surface area contributed by atoms with E-state index in [0.717, 1.165) is 30.3 Å². The lowest BCUT2D eigenvalue weighted by molar-refractivity contribution is 0.0937. The van der Waals surface area contributed by atoms with E-state index < -0.39 is 0 Å². The van der Waals surface area contributed by atoms with E-state index in [1.165, 1.54) is 18.4 Å². The topological polar surface area (TPSA) is 56.2 Å². The summed E-state index contributed by atoms with van der Waals surface area (Å²) < 4.78 is 7.37. The summed E-state index contributed by atoms with van der Waals surface area (Å²) in [7, 11) is 0. The predicted molar refractivity (Wildman–Crippen MR) is 93.5 cm³/mol. The molecule has 1 fully saturated rings. The van der Waals surface area contributed by atoms with Gasteiger partial charge in [0.05, 0.1) is 23.1 Å². The lowest BCUT2D eigenvalue weighted by Crippen LogP contribution is -2.25. The first-order chi connectivity index (χ1) is 11.6. The van der Waals surface area contributed by atoms with Crippen molar-refractivity contribution >= 4 is 5.91 Å². The van der Waals surface area contributed by atoms with Crippen molar-refractivity contribution < 1.29 is 9.53 Å². The number of aromatic nitrogens is 2. The second-order valence-electron chi connectivity index (χ2n) is 6.52. The number of aryl methyl sites for hydroxylation is 1. The van der Waals surface area contributed by atoms with Gasteiger partial charge in [-0.3, -0.25) is 4.79 Å². The summed E-state index contributed by atoms with van der Waals surface area (Å²) in [5.74, 6) is 0.711. The molecule has 0 aliphatic heterocycles. The van der Waals surface area contributed by atoms with E-state index in [4.69, 9.17) is 4.74 Å². The Hall–Kier alpha value is -2.14. The Balaban J connectivity index is 1.50. The molecule has 1 saturated carbocycles. The molecule has 1 aliphatic carbocycles. The zero-order valence-corrected chi connectivity index (χ0v) is 14.4. The fourth-order valence-corrected chi connectivity index (χ4v) is 2.58. The minimum Gasteiger partial charge on any atom is -0.381 e. The van der Waals surface area contributed by atoms with E-state index in [1.54, 1.807) is 10.9 Å². The lowest BCUT2D eigenvalue weighted by Gasteiger charge is -2.07. The first-order valence-corrected chi connectivity index (χ1v) is 8.63. The Morgan fingerprint density at radius 3 is 2.75 bits per heavy atom. The number of nitrogens with zero attached hydrogens (tertiary/aromatic N) is 2. The highest BCUT2D eigenvalue weighted by atomic mass is 16.5. The van der Waals surface area contributed by atoms with Crippen LogP contribution in [0.1, 0.15) is 40.9 Å². The van der Waals surface area contributed by atoms with Crippen LogP contribution in [0, 0.1) is 19.8 Å². The maximum atomic E-state index is 12.3. The van der Waals surface area contributed by atoms with Gasteiger partial charge in [0, 0.05) is 19.8 Å². The van der Waals surface area contributed by atoms with Crippen LogP contribution in [0.2, 0.25) is 0 Å². The number of hydrogen-bond donors (Lipinski definition) is 1. The first kappa shape index (κ1) is 16.7. The van der Waals surface area contributed by atoms with Crippen molar-refractivity contribution in [2.75, 3.05) is 19.8 Å². The smallest absolute Gasteiger partial charge is 0.254 e. The minimum absolute atomic E-state index is 0.0759. The van der Waals surface area contributed by atoms with Gasteiger partial charge in [-0.2, -0.15) is 5.10 Å². The van der Waals surface area contributed by atoms with Crippen molar-refractivity contribution in [3.8, 4) is 5.69 Å². The van der Waals surface area contributed by atoms with E-state index in [9.17, 15) is 4.79 Å². The summed E-state index contributed by atoms with van der Waals surface area (Å²) in [6.07, 6.45) is 5.08. The van der Waals surface area contributed by atoms with Gasteiger partial charge in [0.15, 0.2) is 0 Å². The van der Waals surface area contributed by atoms with Crippen LogP contribution in [0.5, 0.6) is 0 Å². The molecule has 1 heterocycles. The Morgan fingerprint density at radius 1 is 1.29 bits per heavy atom. The van der Waals surface area contributed by atoms with Crippen LogP contribution >= 0.6 is 0 Å². The van der Waals surface area contributed by atoms with Gasteiger partial charge in [0.25, 0.3) is 5.91 Å². The molecule has 1 aromatic carbocycles. The molecule has 0 bridgehead atoms. The van der Waals surface area contributed by atoms with Gasteiger partial charge in [-0.1, -0.05) is 17.7 Å². The third-order valence-corrected chi connectivity index (χ3v) is 4.33. The molecule has 1 amide bonds. The van der Waals surface area contributed by atoms with Gasteiger partial charge in [-0.15, -0.1) is 0 Å². The predicted octanol–water partition coefficient (Wildman–Crippen LogP) is 3.04. The van der Waals surface area contributed by atoms with Crippen molar-refractivity contribution in [3.05, 3.63) is 47.3 Å². The quantitative estimate of drug-likeness (QED) is 0.758. The zero-order valence-electron chi connectivity index (χ0n) is 14.4. The number of carbonyl (C=O) groups is 1.